The lowest BCUT2D eigenvalue weighted by Crippen LogP contribution is -1.99. The number of rotatable bonds is 2. The normalized spacial score (nSPS) is 10.2. The number of hydrogen-bond acceptors (Lipinski definition) is 3. The van der Waals surface area contributed by atoms with Crippen LogP contribution in [0.4, 0.5) is 15.9 Å². The van der Waals surface area contributed by atoms with Gasteiger partial charge in [0.2, 0.25) is 0 Å². The summed E-state index contributed by atoms with van der Waals surface area (Å²) >= 11 is 7.73. The standard InChI is InChI=1S/C10H6ClFIN3/c11-6-2-1-3-8(9(6)12)16-10-7(13)4-14-5-15-10/h1-5H,(H,14,15,16). The SMILES string of the molecule is Fc1c(Cl)cccc1Nc1ncncc1I. The summed E-state index contributed by atoms with van der Waals surface area (Å²) < 4.78 is 14.4. The molecule has 0 fully saturated rings. The second-order valence-corrected chi connectivity index (χ2v) is 4.52. The maximum absolute atomic E-state index is 13.6. The Kier molecular flexibility index (Phi) is 3.55. The molecule has 0 aliphatic rings. The van der Waals surface area contributed by atoms with E-state index in [1.807, 2.05) is 0 Å². The van der Waals surface area contributed by atoms with Crippen molar-refractivity contribution in [2.24, 2.45) is 0 Å². The van der Waals surface area contributed by atoms with Gasteiger partial charge in [-0.1, -0.05) is 17.7 Å². The molecule has 3 nitrogen and oxygen atoms in total. The molecule has 0 aliphatic carbocycles. The average Bonchev–Trinajstić information content (AvgIpc) is 2.28. The van der Waals surface area contributed by atoms with E-state index in [1.165, 1.54) is 12.4 Å². The zero-order valence-corrected chi connectivity index (χ0v) is 10.8. The Hall–Kier alpha value is -0.950. The highest BCUT2D eigenvalue weighted by molar-refractivity contribution is 14.1. The minimum Gasteiger partial charge on any atom is -0.337 e. The van der Waals surface area contributed by atoms with Gasteiger partial charge in [-0.3, -0.25) is 0 Å². The summed E-state index contributed by atoms with van der Waals surface area (Å²) in [6.45, 7) is 0. The van der Waals surface area contributed by atoms with Crippen molar-refractivity contribution in [3.05, 3.63) is 45.1 Å². The Labute approximate surface area is 110 Å². The number of nitrogens with zero attached hydrogens (tertiary/aromatic N) is 2. The first-order valence-electron chi connectivity index (χ1n) is 4.35. The molecule has 0 spiro atoms. The van der Waals surface area contributed by atoms with Gasteiger partial charge in [-0.15, -0.1) is 0 Å². The van der Waals surface area contributed by atoms with Crippen molar-refractivity contribution < 1.29 is 4.39 Å². The van der Waals surface area contributed by atoms with Gasteiger partial charge in [0.25, 0.3) is 0 Å². The number of halogens is 3. The second-order valence-electron chi connectivity index (χ2n) is 2.95. The minimum absolute atomic E-state index is 0.0778. The lowest BCUT2D eigenvalue weighted by molar-refractivity contribution is 0.632. The Balaban J connectivity index is 2.35. The molecule has 0 aliphatic heterocycles. The van der Waals surface area contributed by atoms with Crippen LogP contribution >= 0.6 is 34.2 Å². The Morgan fingerprint density at radius 1 is 1.38 bits per heavy atom. The van der Waals surface area contributed by atoms with Crippen LogP contribution < -0.4 is 5.32 Å². The van der Waals surface area contributed by atoms with Crippen LogP contribution in [0.3, 0.4) is 0 Å². The lowest BCUT2D eigenvalue weighted by Gasteiger charge is -2.08. The van der Waals surface area contributed by atoms with Crippen LogP contribution in [-0.4, -0.2) is 9.97 Å². The third-order valence-electron chi connectivity index (χ3n) is 1.87. The molecule has 16 heavy (non-hydrogen) atoms. The molecule has 82 valence electrons. The van der Waals surface area contributed by atoms with Gasteiger partial charge in [0.05, 0.1) is 14.3 Å². The monoisotopic (exact) mass is 349 g/mol. The van der Waals surface area contributed by atoms with Gasteiger partial charge < -0.3 is 5.32 Å². The summed E-state index contributed by atoms with van der Waals surface area (Å²) in [4.78, 5) is 7.85. The van der Waals surface area contributed by atoms with Gasteiger partial charge in [0.1, 0.15) is 12.1 Å². The van der Waals surface area contributed by atoms with E-state index in [-0.39, 0.29) is 5.02 Å². The second kappa shape index (κ2) is 4.92. The molecular weight excluding hydrogens is 343 g/mol. The Bertz CT molecular complexity index is 521. The van der Waals surface area contributed by atoms with Crippen LogP contribution in [0.1, 0.15) is 0 Å². The van der Waals surface area contributed by atoms with Crippen molar-refractivity contribution in [1.29, 1.82) is 0 Å². The third-order valence-corrected chi connectivity index (χ3v) is 2.95. The van der Waals surface area contributed by atoms with E-state index >= 15 is 0 Å². The zero-order valence-electron chi connectivity index (χ0n) is 7.92. The van der Waals surface area contributed by atoms with Crippen LogP contribution in [0.15, 0.2) is 30.7 Å². The molecule has 2 aromatic rings. The molecule has 0 saturated carbocycles. The summed E-state index contributed by atoms with van der Waals surface area (Å²) in [5, 5.41) is 2.94. The topological polar surface area (TPSA) is 37.8 Å². The quantitative estimate of drug-likeness (QED) is 0.842. The van der Waals surface area contributed by atoms with Crippen LogP contribution in [-0.2, 0) is 0 Å². The van der Waals surface area contributed by atoms with Gasteiger partial charge in [0, 0.05) is 6.20 Å². The first-order valence-corrected chi connectivity index (χ1v) is 5.80. The van der Waals surface area contributed by atoms with Gasteiger partial charge in [0.15, 0.2) is 5.82 Å². The van der Waals surface area contributed by atoms with Gasteiger partial charge in [-0.25, -0.2) is 14.4 Å². The van der Waals surface area contributed by atoms with Crippen LogP contribution in [0.25, 0.3) is 0 Å². The first-order chi connectivity index (χ1) is 7.68. The molecule has 1 aromatic heterocycles. The summed E-state index contributed by atoms with van der Waals surface area (Å²) in [5.41, 5.74) is 0.295. The molecule has 1 N–H and O–H groups in total. The summed E-state index contributed by atoms with van der Waals surface area (Å²) in [6.07, 6.45) is 3.03. The van der Waals surface area contributed by atoms with Crippen molar-refractivity contribution in [3.63, 3.8) is 0 Å². The van der Waals surface area contributed by atoms with E-state index in [0.717, 1.165) is 3.57 Å². The molecule has 2 rings (SSSR count). The summed E-state index contributed by atoms with van der Waals surface area (Å²) in [6, 6.07) is 4.76. The van der Waals surface area contributed by atoms with Crippen LogP contribution in [0, 0.1) is 9.39 Å². The fourth-order valence-electron chi connectivity index (χ4n) is 1.13. The average molecular weight is 350 g/mol. The number of aromatic nitrogens is 2. The zero-order chi connectivity index (χ0) is 11.5. The fourth-order valence-corrected chi connectivity index (χ4v) is 1.74. The molecule has 6 heteroatoms. The predicted molar refractivity (Wildman–Crippen MR) is 69.4 cm³/mol. The molecule has 0 bridgehead atoms. The number of benzene rings is 1. The summed E-state index contributed by atoms with van der Waals surface area (Å²) in [7, 11) is 0. The largest absolute Gasteiger partial charge is 0.337 e. The highest BCUT2D eigenvalue weighted by Gasteiger charge is 2.08. The Morgan fingerprint density at radius 2 is 2.19 bits per heavy atom. The predicted octanol–water partition coefficient (Wildman–Crippen LogP) is 3.62. The molecule has 0 amide bonds. The smallest absolute Gasteiger partial charge is 0.165 e. The van der Waals surface area contributed by atoms with Gasteiger partial charge in [-0.2, -0.15) is 0 Å². The van der Waals surface area contributed by atoms with E-state index in [4.69, 9.17) is 11.6 Å². The van der Waals surface area contributed by atoms with E-state index < -0.39 is 5.82 Å². The maximum atomic E-state index is 13.6. The van der Waals surface area contributed by atoms with E-state index in [1.54, 1.807) is 18.3 Å². The highest BCUT2D eigenvalue weighted by atomic mass is 127. The van der Waals surface area contributed by atoms with Crippen molar-refractivity contribution in [2.75, 3.05) is 5.32 Å². The molecule has 1 heterocycles. The Morgan fingerprint density at radius 3 is 2.94 bits per heavy atom. The molecule has 1 aromatic carbocycles. The maximum Gasteiger partial charge on any atom is 0.165 e. The van der Waals surface area contributed by atoms with E-state index in [9.17, 15) is 4.39 Å². The van der Waals surface area contributed by atoms with Crippen molar-refractivity contribution >= 4 is 45.7 Å². The molecule has 0 saturated heterocycles. The van der Waals surface area contributed by atoms with Crippen molar-refractivity contribution in [1.82, 2.24) is 9.97 Å². The molecule has 0 unspecified atom stereocenters. The molecular formula is C10H6ClFIN3. The van der Waals surface area contributed by atoms with Crippen molar-refractivity contribution in [2.45, 2.75) is 0 Å². The van der Waals surface area contributed by atoms with Crippen LogP contribution in [0.5, 0.6) is 0 Å². The number of nitrogens with one attached hydrogen (secondary N) is 1. The summed E-state index contributed by atoms with van der Waals surface area (Å²) in [5.74, 6) is 0.0651. The highest BCUT2D eigenvalue weighted by Crippen LogP contribution is 2.25. The van der Waals surface area contributed by atoms with Gasteiger partial charge >= 0.3 is 0 Å². The van der Waals surface area contributed by atoms with E-state index in [0.29, 0.717) is 11.5 Å². The van der Waals surface area contributed by atoms with E-state index in [2.05, 4.69) is 37.9 Å². The van der Waals surface area contributed by atoms with Crippen LogP contribution in [0.2, 0.25) is 5.02 Å². The minimum atomic E-state index is -0.487. The van der Waals surface area contributed by atoms with Gasteiger partial charge in [-0.05, 0) is 34.7 Å². The lowest BCUT2D eigenvalue weighted by atomic mass is 10.3. The van der Waals surface area contributed by atoms with Crippen molar-refractivity contribution in [3.8, 4) is 0 Å². The fraction of sp³-hybridized carbons (Fsp3) is 0. The number of anilines is 2. The molecule has 0 radical (unpaired) electrons. The number of hydrogen-bond donors (Lipinski definition) is 1. The molecule has 0 atom stereocenters. The first kappa shape index (κ1) is 11.5. The third kappa shape index (κ3) is 2.41.